The van der Waals surface area contributed by atoms with Gasteiger partial charge in [0.05, 0.1) is 0 Å². The summed E-state index contributed by atoms with van der Waals surface area (Å²) in [5, 5.41) is 5.59. The van der Waals surface area contributed by atoms with Crippen molar-refractivity contribution in [3.63, 3.8) is 0 Å². The van der Waals surface area contributed by atoms with E-state index >= 15 is 0 Å². The summed E-state index contributed by atoms with van der Waals surface area (Å²) in [6, 6.07) is 14.1. The summed E-state index contributed by atoms with van der Waals surface area (Å²) >= 11 is 0. The summed E-state index contributed by atoms with van der Waals surface area (Å²) in [6.45, 7) is 3.88. The Morgan fingerprint density at radius 1 is 0.880 bits per heavy atom. The van der Waals surface area contributed by atoms with E-state index in [2.05, 4.69) is 10.6 Å². The monoisotopic (exact) mass is 338 g/mol. The van der Waals surface area contributed by atoms with Gasteiger partial charge in [0, 0.05) is 29.8 Å². The van der Waals surface area contributed by atoms with Crippen LogP contribution in [0.3, 0.4) is 0 Å². The lowest BCUT2D eigenvalue weighted by atomic mass is 10.1. The van der Waals surface area contributed by atoms with E-state index in [4.69, 9.17) is 0 Å². The van der Waals surface area contributed by atoms with Crippen LogP contribution < -0.4 is 10.6 Å². The zero-order chi connectivity index (χ0) is 18.2. The van der Waals surface area contributed by atoms with E-state index in [1.807, 2.05) is 31.2 Å². The van der Waals surface area contributed by atoms with Crippen LogP contribution in [0.15, 0.2) is 48.5 Å². The van der Waals surface area contributed by atoms with Crippen molar-refractivity contribution in [2.24, 2.45) is 0 Å². The van der Waals surface area contributed by atoms with Gasteiger partial charge in [-0.3, -0.25) is 14.4 Å². The molecule has 2 N–H and O–H groups in total. The summed E-state index contributed by atoms with van der Waals surface area (Å²) in [4.78, 5) is 35.1. The molecule has 2 amide bonds. The summed E-state index contributed by atoms with van der Waals surface area (Å²) in [7, 11) is 0. The predicted molar refractivity (Wildman–Crippen MR) is 97.8 cm³/mol. The molecule has 5 nitrogen and oxygen atoms in total. The molecule has 0 aliphatic rings. The lowest BCUT2D eigenvalue weighted by Gasteiger charge is -2.07. The van der Waals surface area contributed by atoms with Crippen molar-refractivity contribution in [3.8, 4) is 0 Å². The van der Waals surface area contributed by atoms with Crippen molar-refractivity contribution in [3.05, 3.63) is 65.2 Å². The molecule has 0 saturated carbocycles. The zero-order valence-electron chi connectivity index (χ0n) is 14.5. The summed E-state index contributed by atoms with van der Waals surface area (Å²) in [5.74, 6) is -0.329. The van der Waals surface area contributed by atoms with Gasteiger partial charge in [-0.25, -0.2) is 0 Å². The van der Waals surface area contributed by atoms with Gasteiger partial charge in [-0.2, -0.15) is 0 Å². The van der Waals surface area contributed by atoms with E-state index in [1.54, 1.807) is 24.3 Å². The average Bonchev–Trinajstić information content (AvgIpc) is 2.60. The molecule has 2 rings (SSSR count). The van der Waals surface area contributed by atoms with Crippen LogP contribution >= 0.6 is 0 Å². The van der Waals surface area contributed by atoms with Crippen molar-refractivity contribution < 1.29 is 14.4 Å². The van der Waals surface area contributed by atoms with E-state index < -0.39 is 0 Å². The Kier molecular flexibility index (Phi) is 6.46. The van der Waals surface area contributed by atoms with Crippen LogP contribution in [0.1, 0.15) is 46.0 Å². The normalized spacial score (nSPS) is 10.2. The SMILES string of the molecule is CC(=O)c1ccc(C(=O)NCCCC(=O)Nc2ccc(C)cc2)cc1. The molecule has 5 heteroatoms. The lowest BCUT2D eigenvalue weighted by Crippen LogP contribution is -2.25. The Hall–Kier alpha value is -2.95. The van der Waals surface area contributed by atoms with Crippen molar-refractivity contribution in [2.45, 2.75) is 26.7 Å². The van der Waals surface area contributed by atoms with Gasteiger partial charge in [0.15, 0.2) is 5.78 Å². The highest BCUT2D eigenvalue weighted by atomic mass is 16.2. The first-order valence-corrected chi connectivity index (χ1v) is 8.21. The molecule has 130 valence electrons. The minimum atomic E-state index is -0.214. The number of benzene rings is 2. The maximum atomic E-state index is 12.0. The molecule has 2 aromatic carbocycles. The third kappa shape index (κ3) is 5.88. The Balaban J connectivity index is 1.71. The number of hydrogen-bond acceptors (Lipinski definition) is 3. The number of ketones is 1. The number of nitrogens with one attached hydrogen (secondary N) is 2. The number of Topliss-reactive ketones (excluding diaryl/α,β-unsaturated/α-hetero) is 1. The van der Waals surface area contributed by atoms with Gasteiger partial charge in [-0.1, -0.05) is 29.8 Å². The fourth-order valence-corrected chi connectivity index (χ4v) is 2.27. The molecule has 0 heterocycles. The van der Waals surface area contributed by atoms with Crippen LogP contribution in [0.2, 0.25) is 0 Å². The van der Waals surface area contributed by atoms with Gasteiger partial charge < -0.3 is 10.6 Å². The third-order valence-electron chi connectivity index (χ3n) is 3.76. The molecule has 0 saturated heterocycles. The van der Waals surface area contributed by atoms with Crippen LogP contribution in [0.25, 0.3) is 0 Å². The number of anilines is 1. The maximum absolute atomic E-state index is 12.0. The van der Waals surface area contributed by atoms with Gasteiger partial charge in [-0.05, 0) is 44.5 Å². The first-order chi connectivity index (χ1) is 12.0. The van der Waals surface area contributed by atoms with Gasteiger partial charge in [0.25, 0.3) is 5.91 Å². The predicted octanol–water partition coefficient (Wildman–Crippen LogP) is 3.35. The molecule has 0 unspecified atom stereocenters. The molecule has 0 aromatic heterocycles. The highest BCUT2D eigenvalue weighted by Crippen LogP contribution is 2.09. The molecule has 25 heavy (non-hydrogen) atoms. The molecule has 0 aliphatic carbocycles. The lowest BCUT2D eigenvalue weighted by molar-refractivity contribution is -0.116. The molecule has 0 aliphatic heterocycles. The van der Waals surface area contributed by atoms with Crippen molar-refractivity contribution in [2.75, 3.05) is 11.9 Å². The second-order valence-corrected chi connectivity index (χ2v) is 5.91. The molecule has 0 fully saturated rings. The van der Waals surface area contributed by atoms with Gasteiger partial charge in [-0.15, -0.1) is 0 Å². The maximum Gasteiger partial charge on any atom is 0.251 e. The standard InChI is InChI=1S/C20H22N2O3/c1-14-5-11-18(12-6-14)22-19(24)4-3-13-21-20(25)17-9-7-16(8-10-17)15(2)23/h5-12H,3-4,13H2,1-2H3,(H,21,25)(H,22,24). The second-order valence-electron chi connectivity index (χ2n) is 5.91. The average molecular weight is 338 g/mol. The molecular formula is C20H22N2O3. The first-order valence-electron chi connectivity index (χ1n) is 8.21. The van der Waals surface area contributed by atoms with E-state index in [0.29, 0.717) is 30.5 Å². The third-order valence-corrected chi connectivity index (χ3v) is 3.76. The fraction of sp³-hybridized carbons (Fsp3) is 0.250. The molecule has 0 bridgehead atoms. The molecule has 0 spiro atoms. The molecular weight excluding hydrogens is 316 g/mol. The summed E-state index contributed by atoms with van der Waals surface area (Å²) in [5.41, 5.74) is 2.97. The minimum absolute atomic E-state index is 0.0356. The Morgan fingerprint density at radius 2 is 1.48 bits per heavy atom. The topological polar surface area (TPSA) is 75.3 Å². The molecule has 2 aromatic rings. The number of carbonyl (C=O) groups excluding carboxylic acids is 3. The number of aryl methyl sites for hydroxylation is 1. The fourth-order valence-electron chi connectivity index (χ4n) is 2.27. The van der Waals surface area contributed by atoms with Gasteiger partial charge in [0.2, 0.25) is 5.91 Å². The van der Waals surface area contributed by atoms with E-state index in [0.717, 1.165) is 11.3 Å². The highest BCUT2D eigenvalue weighted by molar-refractivity contribution is 5.97. The van der Waals surface area contributed by atoms with Crippen LogP contribution in [0.5, 0.6) is 0 Å². The highest BCUT2D eigenvalue weighted by Gasteiger charge is 2.07. The Labute approximate surface area is 147 Å². The minimum Gasteiger partial charge on any atom is -0.352 e. The van der Waals surface area contributed by atoms with Crippen molar-refractivity contribution in [1.29, 1.82) is 0 Å². The first kappa shape index (κ1) is 18.4. The van der Waals surface area contributed by atoms with Gasteiger partial charge >= 0.3 is 0 Å². The Morgan fingerprint density at radius 3 is 2.08 bits per heavy atom. The van der Waals surface area contributed by atoms with Gasteiger partial charge in [0.1, 0.15) is 0 Å². The number of rotatable bonds is 7. The van der Waals surface area contributed by atoms with E-state index in [1.165, 1.54) is 6.92 Å². The van der Waals surface area contributed by atoms with Crippen LogP contribution in [0, 0.1) is 6.92 Å². The Bertz CT molecular complexity index is 750. The van der Waals surface area contributed by atoms with E-state index in [9.17, 15) is 14.4 Å². The molecule has 0 radical (unpaired) electrons. The smallest absolute Gasteiger partial charge is 0.251 e. The van der Waals surface area contributed by atoms with Crippen LogP contribution in [0.4, 0.5) is 5.69 Å². The molecule has 0 atom stereocenters. The van der Waals surface area contributed by atoms with Crippen LogP contribution in [-0.2, 0) is 4.79 Å². The zero-order valence-corrected chi connectivity index (χ0v) is 14.5. The number of carbonyl (C=O) groups is 3. The van der Waals surface area contributed by atoms with Crippen molar-refractivity contribution in [1.82, 2.24) is 5.32 Å². The quantitative estimate of drug-likeness (QED) is 0.600. The summed E-state index contributed by atoms with van der Waals surface area (Å²) < 4.78 is 0. The van der Waals surface area contributed by atoms with Crippen molar-refractivity contribution >= 4 is 23.3 Å². The van der Waals surface area contributed by atoms with Crippen LogP contribution in [-0.4, -0.2) is 24.1 Å². The summed E-state index contributed by atoms with van der Waals surface area (Å²) in [6.07, 6.45) is 0.881. The number of amides is 2. The largest absolute Gasteiger partial charge is 0.352 e. The van der Waals surface area contributed by atoms with E-state index in [-0.39, 0.29) is 17.6 Å². The number of hydrogen-bond donors (Lipinski definition) is 2. The second kappa shape index (κ2) is 8.78.